The Morgan fingerprint density at radius 1 is 0.943 bits per heavy atom. The van der Waals surface area contributed by atoms with Crippen LogP contribution in [0.2, 0.25) is 10.0 Å². The van der Waals surface area contributed by atoms with E-state index in [1.54, 1.807) is 0 Å². The molecule has 35 heavy (non-hydrogen) atoms. The molecule has 188 valence electrons. The van der Waals surface area contributed by atoms with Crippen molar-refractivity contribution in [2.24, 2.45) is 5.73 Å². The van der Waals surface area contributed by atoms with E-state index in [1.807, 2.05) is 0 Å². The lowest BCUT2D eigenvalue weighted by Gasteiger charge is -2.20. The van der Waals surface area contributed by atoms with Gasteiger partial charge >= 0.3 is 0 Å². The molecule has 11 nitrogen and oxygen atoms in total. The molecular weight excluding hydrogens is 521 g/mol. The predicted molar refractivity (Wildman–Crippen MR) is 129 cm³/mol. The van der Waals surface area contributed by atoms with Gasteiger partial charge in [-0.15, -0.1) is 0 Å². The van der Waals surface area contributed by atoms with Gasteiger partial charge in [-0.2, -0.15) is 4.31 Å². The molecule has 1 atom stereocenters. The van der Waals surface area contributed by atoms with E-state index < -0.39 is 46.2 Å². The van der Waals surface area contributed by atoms with E-state index in [4.69, 9.17) is 28.9 Å². The van der Waals surface area contributed by atoms with Crippen molar-refractivity contribution in [1.29, 1.82) is 0 Å². The van der Waals surface area contributed by atoms with Gasteiger partial charge in [-0.1, -0.05) is 23.2 Å². The van der Waals surface area contributed by atoms with Crippen LogP contribution in [0.15, 0.2) is 53.4 Å². The lowest BCUT2D eigenvalue weighted by molar-refractivity contribution is -0.130. The van der Waals surface area contributed by atoms with Gasteiger partial charge in [0.05, 0.1) is 11.4 Å². The van der Waals surface area contributed by atoms with Crippen molar-refractivity contribution in [3.8, 4) is 0 Å². The summed E-state index contributed by atoms with van der Waals surface area (Å²) in [6.07, 6.45) is -0.351. The van der Waals surface area contributed by atoms with E-state index in [0.717, 1.165) is 4.31 Å². The maximum Gasteiger partial charge on any atom is 0.260 e. The van der Waals surface area contributed by atoms with Crippen molar-refractivity contribution < 1.29 is 27.6 Å². The second kappa shape index (κ2) is 12.5. The summed E-state index contributed by atoms with van der Waals surface area (Å²) in [4.78, 5) is 48.3. The number of benzene rings is 2. The maximum atomic E-state index is 12.6. The summed E-state index contributed by atoms with van der Waals surface area (Å²) in [6, 6.07) is 10.0. The highest BCUT2D eigenvalue weighted by molar-refractivity contribution is 7.89. The summed E-state index contributed by atoms with van der Waals surface area (Å²) in [5.41, 5.74) is 9.54. The highest BCUT2D eigenvalue weighted by Crippen LogP contribution is 2.17. The highest BCUT2D eigenvalue weighted by Gasteiger charge is 2.25. The van der Waals surface area contributed by atoms with E-state index in [1.165, 1.54) is 55.6 Å². The zero-order valence-corrected chi connectivity index (χ0v) is 20.8. The van der Waals surface area contributed by atoms with Crippen LogP contribution in [0.25, 0.3) is 0 Å². The van der Waals surface area contributed by atoms with Crippen molar-refractivity contribution in [1.82, 2.24) is 20.5 Å². The van der Waals surface area contributed by atoms with Gasteiger partial charge in [0, 0.05) is 29.1 Å². The molecule has 0 fully saturated rings. The number of likely N-dealkylation sites (N-methyl/N-ethyl adjacent to an activating group) is 1. The van der Waals surface area contributed by atoms with Gasteiger partial charge in [0.1, 0.15) is 6.04 Å². The fourth-order valence-electron chi connectivity index (χ4n) is 2.73. The molecule has 5 N–H and O–H groups in total. The number of nitrogens with zero attached hydrogens (tertiary/aromatic N) is 1. The second-order valence-corrected chi connectivity index (χ2v) is 10.2. The number of carbonyl (C=O) groups excluding carboxylic acids is 4. The molecule has 0 aliphatic rings. The third-order valence-electron chi connectivity index (χ3n) is 4.62. The van der Waals surface area contributed by atoms with Crippen LogP contribution in [0, 0.1) is 0 Å². The van der Waals surface area contributed by atoms with Gasteiger partial charge in [-0.25, -0.2) is 8.42 Å². The minimum Gasteiger partial charge on any atom is -0.370 e. The van der Waals surface area contributed by atoms with Crippen LogP contribution < -0.4 is 21.9 Å². The summed E-state index contributed by atoms with van der Waals surface area (Å²) >= 11 is 11.6. The molecule has 0 heterocycles. The van der Waals surface area contributed by atoms with E-state index in [-0.39, 0.29) is 23.3 Å². The number of hydrazine groups is 1. The highest BCUT2D eigenvalue weighted by atomic mass is 35.5. The Labute approximate surface area is 212 Å². The van der Waals surface area contributed by atoms with E-state index in [2.05, 4.69) is 16.2 Å². The average Bonchev–Trinajstić information content (AvgIpc) is 2.80. The minimum atomic E-state index is -3.99. The van der Waals surface area contributed by atoms with Crippen LogP contribution in [0.5, 0.6) is 0 Å². The third-order valence-corrected chi connectivity index (χ3v) is 6.94. The van der Waals surface area contributed by atoms with Crippen molar-refractivity contribution in [3.05, 3.63) is 64.1 Å². The maximum absolute atomic E-state index is 12.6. The molecule has 4 amide bonds. The number of hydrogen-bond donors (Lipinski definition) is 4. The van der Waals surface area contributed by atoms with Crippen LogP contribution in [-0.2, 0) is 24.4 Å². The summed E-state index contributed by atoms with van der Waals surface area (Å²) in [7, 11) is -2.80. The van der Waals surface area contributed by atoms with Crippen LogP contribution in [0.1, 0.15) is 23.2 Å². The number of hydrogen-bond acceptors (Lipinski definition) is 6. The number of rotatable bonds is 10. The molecule has 0 saturated carbocycles. The van der Waals surface area contributed by atoms with Gasteiger partial charge in [-0.05, 0) is 55.0 Å². The van der Waals surface area contributed by atoms with Gasteiger partial charge in [-0.3, -0.25) is 30.0 Å². The molecular formula is C21H23Cl2N5O6S. The largest absolute Gasteiger partial charge is 0.370 e. The van der Waals surface area contributed by atoms with Crippen molar-refractivity contribution in [2.45, 2.75) is 23.8 Å². The lowest BCUT2D eigenvalue weighted by atomic mass is 10.1. The van der Waals surface area contributed by atoms with Gasteiger partial charge in [0.2, 0.25) is 15.9 Å². The first kappa shape index (κ1) is 28.1. The average molecular weight is 544 g/mol. The Morgan fingerprint density at radius 2 is 1.49 bits per heavy atom. The third kappa shape index (κ3) is 8.51. The number of carbonyl (C=O) groups is 4. The van der Waals surface area contributed by atoms with Gasteiger partial charge in [0.25, 0.3) is 17.7 Å². The molecule has 2 rings (SSSR count). The Morgan fingerprint density at radius 3 is 2.03 bits per heavy atom. The molecule has 0 saturated heterocycles. The molecule has 0 radical (unpaired) electrons. The van der Waals surface area contributed by atoms with Crippen molar-refractivity contribution in [2.75, 3.05) is 13.6 Å². The Hall–Kier alpha value is -3.19. The summed E-state index contributed by atoms with van der Waals surface area (Å²) < 4.78 is 25.9. The molecule has 14 heteroatoms. The van der Waals surface area contributed by atoms with Crippen LogP contribution in [-0.4, -0.2) is 56.0 Å². The SMILES string of the molecule is CN(CC(=O)NNC(=O)[C@@H](CCC(N)=O)NC(=O)c1ccc(Cl)cc1)S(=O)(=O)c1ccc(Cl)cc1. The van der Waals surface area contributed by atoms with Crippen LogP contribution in [0.4, 0.5) is 0 Å². The zero-order chi connectivity index (χ0) is 26.2. The van der Waals surface area contributed by atoms with Gasteiger partial charge < -0.3 is 11.1 Å². The van der Waals surface area contributed by atoms with Crippen molar-refractivity contribution >= 4 is 56.9 Å². The van der Waals surface area contributed by atoms with Crippen molar-refractivity contribution in [3.63, 3.8) is 0 Å². The second-order valence-electron chi connectivity index (χ2n) is 7.29. The number of amides is 4. The summed E-state index contributed by atoms with van der Waals surface area (Å²) in [5, 5.41) is 3.21. The predicted octanol–water partition coefficient (Wildman–Crippen LogP) is 0.825. The molecule has 2 aromatic carbocycles. The standard InChI is InChI=1S/C21H23Cl2N5O6S/c1-28(35(33,34)16-8-6-15(23)7-9-16)12-19(30)26-27-21(32)17(10-11-18(24)29)25-20(31)13-2-4-14(22)5-3-13/h2-9,17H,10-12H2,1H3,(H2,24,29)(H,25,31)(H,26,30)(H,27,32)/t17-/m1/s1. The number of nitrogens with one attached hydrogen (secondary N) is 3. The molecule has 0 spiro atoms. The first-order chi connectivity index (χ1) is 16.4. The smallest absolute Gasteiger partial charge is 0.260 e. The van der Waals surface area contributed by atoms with Crippen LogP contribution >= 0.6 is 23.2 Å². The molecule has 0 aliphatic heterocycles. The first-order valence-electron chi connectivity index (χ1n) is 10.1. The fraction of sp³-hybridized carbons (Fsp3) is 0.238. The zero-order valence-electron chi connectivity index (χ0n) is 18.5. The Kier molecular flexibility index (Phi) is 10.0. The minimum absolute atomic E-state index is 0.0716. The number of nitrogens with two attached hydrogens (primary N) is 1. The first-order valence-corrected chi connectivity index (χ1v) is 12.2. The monoisotopic (exact) mass is 543 g/mol. The number of primary amides is 1. The summed E-state index contributed by atoms with van der Waals surface area (Å²) in [5.74, 6) is -3.01. The topological polar surface area (TPSA) is 168 Å². The molecule has 2 aromatic rings. The fourth-order valence-corrected chi connectivity index (χ4v) is 4.11. The molecule has 0 aliphatic carbocycles. The van der Waals surface area contributed by atoms with E-state index in [9.17, 15) is 27.6 Å². The number of sulfonamides is 1. The van der Waals surface area contributed by atoms with E-state index in [0.29, 0.717) is 10.0 Å². The summed E-state index contributed by atoms with van der Waals surface area (Å²) in [6.45, 7) is -0.617. The number of halogens is 2. The van der Waals surface area contributed by atoms with E-state index >= 15 is 0 Å². The Balaban J connectivity index is 1.98. The quantitative estimate of drug-likeness (QED) is 0.323. The normalized spacial score (nSPS) is 12.0. The molecule has 0 bridgehead atoms. The Bertz CT molecular complexity index is 1190. The molecule has 0 unspecified atom stereocenters. The van der Waals surface area contributed by atoms with Gasteiger partial charge in [0.15, 0.2) is 0 Å². The lowest BCUT2D eigenvalue weighted by Crippen LogP contribution is -2.54. The molecule has 0 aromatic heterocycles. The van der Waals surface area contributed by atoms with Crippen LogP contribution in [0.3, 0.4) is 0 Å².